The van der Waals surface area contributed by atoms with E-state index in [0.29, 0.717) is 22.6 Å². The van der Waals surface area contributed by atoms with E-state index in [9.17, 15) is 4.39 Å². The number of hydrogen-bond donors (Lipinski definition) is 2. The van der Waals surface area contributed by atoms with E-state index in [2.05, 4.69) is 36.8 Å². The number of rotatable bonds is 5. The molecule has 2 aromatic rings. The molecule has 0 aliphatic rings. The summed E-state index contributed by atoms with van der Waals surface area (Å²) >= 11 is 3.11. The third-order valence-electron chi connectivity index (χ3n) is 2.16. The van der Waals surface area contributed by atoms with Crippen LogP contribution in [0.2, 0.25) is 0 Å². The monoisotopic (exact) mass is 314 g/mol. The van der Waals surface area contributed by atoms with Gasteiger partial charge >= 0.3 is 6.01 Å². The summed E-state index contributed by atoms with van der Waals surface area (Å²) in [5.41, 5.74) is 0.668. The van der Waals surface area contributed by atoms with E-state index in [1.807, 2.05) is 6.92 Å². The standard InChI is InChI=1S/C11H12BrFN4O/c1-2-14-6-10-16-17-11(18-10)15-7-3-4-9(13)8(12)5-7/h3-5,14H,2,6H2,1H3,(H,15,17). The number of benzene rings is 1. The molecular weight excluding hydrogens is 303 g/mol. The fourth-order valence-corrected chi connectivity index (χ4v) is 1.68. The van der Waals surface area contributed by atoms with Gasteiger partial charge in [0.2, 0.25) is 5.89 Å². The highest BCUT2D eigenvalue weighted by molar-refractivity contribution is 9.10. The lowest BCUT2D eigenvalue weighted by Crippen LogP contribution is -2.11. The summed E-state index contributed by atoms with van der Waals surface area (Å²) in [4.78, 5) is 0. The SMILES string of the molecule is CCNCc1nnc(Nc2ccc(F)c(Br)c2)o1. The molecule has 1 aromatic carbocycles. The lowest BCUT2D eigenvalue weighted by Gasteiger charge is -2.02. The van der Waals surface area contributed by atoms with Gasteiger partial charge in [-0.05, 0) is 40.7 Å². The Hall–Kier alpha value is -1.47. The zero-order valence-electron chi connectivity index (χ0n) is 9.70. The van der Waals surface area contributed by atoms with E-state index in [0.717, 1.165) is 6.54 Å². The zero-order valence-corrected chi connectivity index (χ0v) is 11.3. The Morgan fingerprint density at radius 2 is 2.22 bits per heavy atom. The van der Waals surface area contributed by atoms with Crippen LogP contribution in [0, 0.1) is 5.82 Å². The molecule has 0 atom stereocenters. The molecule has 0 amide bonds. The normalized spacial score (nSPS) is 10.6. The summed E-state index contributed by atoms with van der Waals surface area (Å²) in [6, 6.07) is 4.82. The zero-order chi connectivity index (χ0) is 13.0. The molecule has 0 bridgehead atoms. The minimum atomic E-state index is -0.320. The Bertz CT molecular complexity index is 532. The summed E-state index contributed by atoms with van der Waals surface area (Å²) in [5, 5.41) is 13.7. The second-order valence-corrected chi connectivity index (χ2v) is 4.39. The summed E-state index contributed by atoms with van der Waals surface area (Å²) in [6.07, 6.45) is 0. The van der Waals surface area contributed by atoms with Gasteiger partial charge in [-0.25, -0.2) is 4.39 Å². The number of hydrogen-bond acceptors (Lipinski definition) is 5. The fraction of sp³-hybridized carbons (Fsp3) is 0.273. The van der Waals surface area contributed by atoms with E-state index >= 15 is 0 Å². The Morgan fingerprint density at radius 1 is 1.39 bits per heavy atom. The molecule has 2 N–H and O–H groups in total. The van der Waals surface area contributed by atoms with Gasteiger partial charge in [0.15, 0.2) is 0 Å². The summed E-state index contributed by atoms with van der Waals surface area (Å²) < 4.78 is 18.8. The summed E-state index contributed by atoms with van der Waals surface area (Å²) in [7, 11) is 0. The first-order valence-corrected chi connectivity index (χ1v) is 6.23. The second kappa shape index (κ2) is 5.92. The molecule has 7 heteroatoms. The molecule has 0 aliphatic heterocycles. The van der Waals surface area contributed by atoms with Crippen LogP contribution in [-0.2, 0) is 6.54 Å². The van der Waals surface area contributed by atoms with Crippen LogP contribution in [0.25, 0.3) is 0 Å². The Morgan fingerprint density at radius 3 is 2.94 bits per heavy atom. The van der Waals surface area contributed by atoms with E-state index in [1.165, 1.54) is 6.07 Å². The van der Waals surface area contributed by atoms with Gasteiger partial charge in [0, 0.05) is 5.69 Å². The third kappa shape index (κ3) is 3.27. The number of nitrogens with zero attached hydrogens (tertiary/aromatic N) is 2. The molecule has 0 radical (unpaired) electrons. The van der Waals surface area contributed by atoms with Gasteiger partial charge in [0.05, 0.1) is 11.0 Å². The van der Waals surface area contributed by atoms with Crippen molar-refractivity contribution in [2.45, 2.75) is 13.5 Å². The van der Waals surface area contributed by atoms with Gasteiger partial charge in [-0.2, -0.15) is 0 Å². The molecule has 0 fully saturated rings. The highest BCUT2D eigenvalue weighted by Crippen LogP contribution is 2.22. The van der Waals surface area contributed by atoms with Crippen LogP contribution < -0.4 is 10.6 Å². The van der Waals surface area contributed by atoms with Crippen molar-refractivity contribution in [3.63, 3.8) is 0 Å². The van der Waals surface area contributed by atoms with Crippen LogP contribution in [0.5, 0.6) is 0 Å². The van der Waals surface area contributed by atoms with Crippen LogP contribution >= 0.6 is 15.9 Å². The Kier molecular flexibility index (Phi) is 4.27. The van der Waals surface area contributed by atoms with Crippen molar-refractivity contribution in [3.8, 4) is 0 Å². The van der Waals surface area contributed by atoms with Crippen molar-refractivity contribution in [2.75, 3.05) is 11.9 Å². The molecule has 0 saturated heterocycles. The van der Waals surface area contributed by atoms with Crippen molar-refractivity contribution in [3.05, 3.63) is 34.4 Å². The quantitative estimate of drug-likeness (QED) is 0.888. The van der Waals surface area contributed by atoms with E-state index in [1.54, 1.807) is 12.1 Å². The lowest BCUT2D eigenvalue weighted by atomic mass is 10.3. The van der Waals surface area contributed by atoms with Crippen LogP contribution in [0.3, 0.4) is 0 Å². The molecular formula is C11H12BrFN4O. The maximum atomic E-state index is 13.0. The molecule has 5 nitrogen and oxygen atoms in total. The van der Waals surface area contributed by atoms with Crippen LogP contribution in [0.15, 0.2) is 27.1 Å². The first kappa shape index (κ1) is 13.0. The van der Waals surface area contributed by atoms with Crippen molar-refractivity contribution >= 4 is 27.6 Å². The van der Waals surface area contributed by atoms with Gasteiger partial charge in [0.25, 0.3) is 0 Å². The minimum Gasteiger partial charge on any atom is -0.406 e. The highest BCUT2D eigenvalue weighted by Gasteiger charge is 2.06. The van der Waals surface area contributed by atoms with Gasteiger partial charge in [0.1, 0.15) is 5.82 Å². The van der Waals surface area contributed by atoms with Crippen LogP contribution in [0.4, 0.5) is 16.1 Å². The van der Waals surface area contributed by atoms with Crippen LogP contribution in [-0.4, -0.2) is 16.7 Å². The highest BCUT2D eigenvalue weighted by atomic mass is 79.9. The average molecular weight is 315 g/mol. The summed E-state index contributed by atoms with van der Waals surface area (Å²) in [5.74, 6) is 0.180. The maximum Gasteiger partial charge on any atom is 0.320 e. The smallest absolute Gasteiger partial charge is 0.320 e. The topological polar surface area (TPSA) is 63.0 Å². The molecule has 18 heavy (non-hydrogen) atoms. The maximum absolute atomic E-state index is 13.0. The molecule has 2 rings (SSSR count). The average Bonchev–Trinajstić information content (AvgIpc) is 2.79. The van der Waals surface area contributed by atoms with Gasteiger partial charge in [-0.1, -0.05) is 12.0 Å². The second-order valence-electron chi connectivity index (χ2n) is 3.54. The molecule has 0 aliphatic carbocycles. The molecule has 0 unspecified atom stereocenters. The molecule has 1 aromatic heterocycles. The predicted octanol–water partition coefficient (Wildman–Crippen LogP) is 2.82. The molecule has 0 spiro atoms. The largest absolute Gasteiger partial charge is 0.406 e. The number of nitrogens with one attached hydrogen (secondary N) is 2. The molecule has 0 saturated carbocycles. The molecule has 1 heterocycles. The fourth-order valence-electron chi connectivity index (χ4n) is 1.30. The van der Waals surface area contributed by atoms with Crippen molar-refractivity contribution < 1.29 is 8.81 Å². The molecule has 96 valence electrons. The Labute approximate surface area is 112 Å². The van der Waals surface area contributed by atoms with Gasteiger partial charge in [-0.3, -0.25) is 0 Å². The van der Waals surface area contributed by atoms with Crippen molar-refractivity contribution in [1.29, 1.82) is 0 Å². The Balaban J connectivity index is 2.04. The van der Waals surface area contributed by atoms with Crippen LogP contribution in [0.1, 0.15) is 12.8 Å². The number of aromatic nitrogens is 2. The minimum absolute atomic E-state index is 0.279. The van der Waals surface area contributed by atoms with E-state index in [-0.39, 0.29) is 11.8 Å². The first-order valence-electron chi connectivity index (χ1n) is 5.44. The van der Waals surface area contributed by atoms with Gasteiger partial charge in [-0.15, -0.1) is 5.10 Å². The van der Waals surface area contributed by atoms with Crippen molar-refractivity contribution in [1.82, 2.24) is 15.5 Å². The van der Waals surface area contributed by atoms with E-state index in [4.69, 9.17) is 4.42 Å². The lowest BCUT2D eigenvalue weighted by molar-refractivity contribution is 0.484. The van der Waals surface area contributed by atoms with E-state index < -0.39 is 0 Å². The third-order valence-corrected chi connectivity index (χ3v) is 2.77. The van der Waals surface area contributed by atoms with Crippen molar-refractivity contribution in [2.24, 2.45) is 0 Å². The predicted molar refractivity (Wildman–Crippen MR) is 69.1 cm³/mol. The van der Waals surface area contributed by atoms with Gasteiger partial charge < -0.3 is 15.1 Å². The summed E-state index contributed by atoms with van der Waals surface area (Å²) in [6.45, 7) is 3.35. The number of halogens is 2. The number of anilines is 2. The first-order chi connectivity index (χ1) is 8.69.